The zero-order valence-corrected chi connectivity index (χ0v) is 13.2. The lowest BCUT2D eigenvalue weighted by Crippen LogP contribution is -2.62. The van der Waals surface area contributed by atoms with Gasteiger partial charge in [0.15, 0.2) is 0 Å². The van der Waals surface area contributed by atoms with Crippen LogP contribution < -0.4 is 0 Å². The first-order valence-electron chi connectivity index (χ1n) is 6.27. The molecular formula is C14H17BrFNO3. The van der Waals surface area contributed by atoms with Crippen molar-refractivity contribution in [2.24, 2.45) is 0 Å². The third-order valence-corrected chi connectivity index (χ3v) is 3.82. The molecule has 1 aromatic rings. The number of halogens is 2. The largest absolute Gasteiger partial charge is 0.444 e. The third kappa shape index (κ3) is 2.96. The van der Waals surface area contributed by atoms with E-state index in [9.17, 15) is 14.3 Å². The molecule has 0 saturated carbocycles. The van der Waals surface area contributed by atoms with Crippen molar-refractivity contribution in [1.29, 1.82) is 0 Å². The fourth-order valence-electron chi connectivity index (χ4n) is 2.07. The van der Waals surface area contributed by atoms with Crippen LogP contribution in [0.25, 0.3) is 0 Å². The highest BCUT2D eigenvalue weighted by Gasteiger charge is 2.47. The Labute approximate surface area is 125 Å². The Morgan fingerprint density at radius 3 is 2.60 bits per heavy atom. The van der Waals surface area contributed by atoms with Crippen LogP contribution in [-0.2, 0) is 10.3 Å². The predicted molar refractivity (Wildman–Crippen MR) is 75.8 cm³/mol. The first-order valence-corrected chi connectivity index (χ1v) is 7.06. The second-order valence-electron chi connectivity index (χ2n) is 5.97. The number of benzene rings is 1. The van der Waals surface area contributed by atoms with Crippen LogP contribution in [0.3, 0.4) is 0 Å². The van der Waals surface area contributed by atoms with Gasteiger partial charge in [0.25, 0.3) is 0 Å². The highest BCUT2D eigenvalue weighted by atomic mass is 79.9. The van der Waals surface area contributed by atoms with Crippen molar-refractivity contribution < 1.29 is 19.0 Å². The molecule has 110 valence electrons. The van der Waals surface area contributed by atoms with E-state index in [4.69, 9.17) is 4.74 Å². The number of carbonyl (C=O) groups is 1. The molecule has 1 N–H and O–H groups in total. The lowest BCUT2D eigenvalue weighted by Gasteiger charge is -2.46. The molecule has 1 aromatic carbocycles. The number of ether oxygens (including phenoxy) is 1. The normalized spacial score (nSPS) is 17.6. The molecule has 0 bridgehead atoms. The summed E-state index contributed by atoms with van der Waals surface area (Å²) in [4.78, 5) is 13.2. The first kappa shape index (κ1) is 15.3. The van der Waals surface area contributed by atoms with E-state index in [0.29, 0.717) is 5.56 Å². The van der Waals surface area contributed by atoms with Crippen LogP contribution in [0, 0.1) is 5.82 Å². The maximum Gasteiger partial charge on any atom is 0.410 e. The van der Waals surface area contributed by atoms with E-state index in [1.54, 1.807) is 26.8 Å². The topological polar surface area (TPSA) is 49.8 Å². The van der Waals surface area contributed by atoms with Crippen molar-refractivity contribution in [2.45, 2.75) is 32.0 Å². The summed E-state index contributed by atoms with van der Waals surface area (Å²) in [7, 11) is 0. The predicted octanol–water partition coefficient (Wildman–Crippen LogP) is 3.03. The Morgan fingerprint density at radius 2 is 2.05 bits per heavy atom. The van der Waals surface area contributed by atoms with Gasteiger partial charge in [-0.2, -0.15) is 0 Å². The minimum Gasteiger partial charge on any atom is -0.444 e. The van der Waals surface area contributed by atoms with Crippen LogP contribution >= 0.6 is 15.9 Å². The van der Waals surface area contributed by atoms with E-state index in [1.165, 1.54) is 17.0 Å². The summed E-state index contributed by atoms with van der Waals surface area (Å²) in [5, 5.41) is 10.5. The molecule has 20 heavy (non-hydrogen) atoms. The fraction of sp³-hybridized carbons (Fsp3) is 0.500. The Morgan fingerprint density at radius 1 is 1.45 bits per heavy atom. The maximum absolute atomic E-state index is 13.5. The van der Waals surface area contributed by atoms with Gasteiger partial charge in [0, 0.05) is 5.56 Å². The number of hydrogen-bond donors (Lipinski definition) is 1. The highest BCUT2D eigenvalue weighted by Crippen LogP contribution is 2.37. The molecule has 1 saturated heterocycles. The smallest absolute Gasteiger partial charge is 0.410 e. The van der Waals surface area contributed by atoms with E-state index >= 15 is 0 Å². The van der Waals surface area contributed by atoms with Gasteiger partial charge in [-0.1, -0.05) is 12.1 Å². The molecule has 6 heteroatoms. The van der Waals surface area contributed by atoms with Gasteiger partial charge in [0.2, 0.25) is 0 Å². The van der Waals surface area contributed by atoms with Crippen molar-refractivity contribution in [3.63, 3.8) is 0 Å². The molecule has 1 heterocycles. The summed E-state index contributed by atoms with van der Waals surface area (Å²) in [5.74, 6) is -0.438. The summed E-state index contributed by atoms with van der Waals surface area (Å²) < 4.78 is 18.9. The van der Waals surface area contributed by atoms with Gasteiger partial charge in [-0.05, 0) is 42.8 Å². The third-order valence-electron chi connectivity index (χ3n) is 3.01. The number of carbonyl (C=O) groups excluding carboxylic acids is 1. The van der Waals surface area contributed by atoms with E-state index in [-0.39, 0.29) is 17.6 Å². The fourth-order valence-corrected chi connectivity index (χ4v) is 2.71. The van der Waals surface area contributed by atoms with Gasteiger partial charge < -0.3 is 14.7 Å². The second-order valence-corrected chi connectivity index (χ2v) is 6.76. The van der Waals surface area contributed by atoms with E-state index < -0.39 is 23.1 Å². The number of β-amino-alcohol motifs (C(OH)–C–C–N with tert-alkyl or cyclic N) is 1. The summed E-state index contributed by atoms with van der Waals surface area (Å²) >= 11 is 3.13. The SMILES string of the molecule is CC(C)(C)OC(=O)N1CC(O)(c2cccc(F)c2Br)C1. The zero-order chi connectivity index (χ0) is 15.1. The molecule has 0 spiro atoms. The van der Waals surface area contributed by atoms with Crippen molar-refractivity contribution in [3.05, 3.63) is 34.1 Å². The van der Waals surface area contributed by atoms with Gasteiger partial charge in [-0.3, -0.25) is 0 Å². The van der Waals surface area contributed by atoms with Crippen LogP contribution in [0.15, 0.2) is 22.7 Å². The molecule has 1 aliphatic rings. The summed E-state index contributed by atoms with van der Waals surface area (Å²) in [6, 6.07) is 4.48. The lowest BCUT2D eigenvalue weighted by atomic mass is 9.86. The summed E-state index contributed by atoms with van der Waals surface area (Å²) in [6.07, 6.45) is -0.477. The molecular weight excluding hydrogens is 329 g/mol. The number of nitrogens with zero attached hydrogens (tertiary/aromatic N) is 1. The molecule has 1 aliphatic heterocycles. The van der Waals surface area contributed by atoms with Gasteiger partial charge in [0.05, 0.1) is 17.6 Å². The Balaban J connectivity index is 2.08. The number of amides is 1. The molecule has 0 aromatic heterocycles. The van der Waals surface area contributed by atoms with Crippen LogP contribution in [-0.4, -0.2) is 34.8 Å². The maximum atomic E-state index is 13.5. The van der Waals surface area contributed by atoms with Crippen molar-refractivity contribution in [2.75, 3.05) is 13.1 Å². The van der Waals surface area contributed by atoms with Crippen molar-refractivity contribution >= 4 is 22.0 Å². The average molecular weight is 346 g/mol. The molecule has 0 unspecified atom stereocenters. The monoisotopic (exact) mass is 345 g/mol. The van der Waals surface area contributed by atoms with E-state index in [0.717, 1.165) is 0 Å². The molecule has 4 nitrogen and oxygen atoms in total. The highest BCUT2D eigenvalue weighted by molar-refractivity contribution is 9.10. The number of hydrogen-bond acceptors (Lipinski definition) is 3. The van der Waals surface area contributed by atoms with E-state index in [1.807, 2.05) is 0 Å². The standard InChI is InChI=1S/C14H17BrFNO3/c1-13(2,3)20-12(18)17-7-14(19,8-17)9-5-4-6-10(16)11(9)15/h4-6,19H,7-8H2,1-3H3. The molecule has 1 amide bonds. The van der Waals surface area contributed by atoms with Gasteiger partial charge >= 0.3 is 6.09 Å². The minimum atomic E-state index is -1.24. The number of likely N-dealkylation sites (tertiary alicyclic amines) is 1. The quantitative estimate of drug-likeness (QED) is 0.850. The number of rotatable bonds is 1. The van der Waals surface area contributed by atoms with Gasteiger partial charge in [0.1, 0.15) is 17.0 Å². The molecule has 0 atom stereocenters. The van der Waals surface area contributed by atoms with Gasteiger partial charge in [-0.15, -0.1) is 0 Å². The van der Waals surface area contributed by atoms with Crippen molar-refractivity contribution in [3.8, 4) is 0 Å². The van der Waals surface area contributed by atoms with Crippen LogP contribution in [0.5, 0.6) is 0 Å². The minimum absolute atomic E-state index is 0.0873. The first-order chi connectivity index (χ1) is 9.12. The zero-order valence-electron chi connectivity index (χ0n) is 11.6. The van der Waals surface area contributed by atoms with Crippen LogP contribution in [0.4, 0.5) is 9.18 Å². The van der Waals surface area contributed by atoms with Crippen molar-refractivity contribution in [1.82, 2.24) is 4.90 Å². The number of aliphatic hydroxyl groups is 1. The van der Waals surface area contributed by atoms with E-state index in [2.05, 4.69) is 15.9 Å². The Kier molecular flexibility index (Phi) is 3.81. The van der Waals surface area contributed by atoms with Crippen LogP contribution in [0.2, 0.25) is 0 Å². The summed E-state index contributed by atoms with van der Waals surface area (Å²) in [6.45, 7) is 5.51. The second kappa shape index (κ2) is 5.00. The van der Waals surface area contributed by atoms with Crippen LogP contribution in [0.1, 0.15) is 26.3 Å². The summed E-state index contributed by atoms with van der Waals surface area (Å²) in [5.41, 5.74) is -1.38. The Hall–Kier alpha value is -1.14. The average Bonchev–Trinajstić information content (AvgIpc) is 2.26. The lowest BCUT2D eigenvalue weighted by molar-refractivity contribution is -0.104. The molecule has 0 aliphatic carbocycles. The molecule has 1 fully saturated rings. The Bertz CT molecular complexity index is 536. The molecule has 0 radical (unpaired) electrons. The van der Waals surface area contributed by atoms with Gasteiger partial charge in [-0.25, -0.2) is 9.18 Å². The molecule has 2 rings (SSSR count).